The predicted octanol–water partition coefficient (Wildman–Crippen LogP) is 4.89. The largest absolute Gasteiger partial charge is 0.444 e. The van der Waals surface area contributed by atoms with E-state index in [1.54, 1.807) is 45.0 Å². The predicted molar refractivity (Wildman–Crippen MR) is 91.4 cm³/mol. The first kappa shape index (κ1) is 19.5. The number of alkyl halides is 3. The average molecular weight is 368 g/mol. The molecule has 1 heterocycles. The van der Waals surface area contributed by atoms with Crippen LogP contribution in [-0.2, 0) is 10.9 Å². The molecule has 0 radical (unpaired) electrons. The van der Waals surface area contributed by atoms with Gasteiger partial charge in [-0.05, 0) is 52.0 Å². The number of amides is 1. The lowest BCUT2D eigenvalue weighted by atomic mass is 10.2. The number of aromatic nitrogens is 2. The van der Waals surface area contributed by atoms with E-state index in [9.17, 15) is 18.0 Å². The van der Waals surface area contributed by atoms with Crippen molar-refractivity contribution in [2.24, 2.45) is 0 Å². The van der Waals surface area contributed by atoms with Crippen LogP contribution in [0, 0.1) is 6.92 Å². The van der Waals surface area contributed by atoms with Crippen molar-refractivity contribution in [2.45, 2.75) is 39.5 Å². The van der Waals surface area contributed by atoms with E-state index in [0.29, 0.717) is 11.4 Å². The van der Waals surface area contributed by atoms with E-state index in [0.717, 1.165) is 6.20 Å². The second-order valence-electron chi connectivity index (χ2n) is 6.52. The number of rotatable bonds is 3. The lowest BCUT2D eigenvalue weighted by molar-refractivity contribution is -0.138. The number of hydrogen-bond acceptors (Lipinski definition) is 5. The summed E-state index contributed by atoms with van der Waals surface area (Å²) in [6, 6.07) is 6.48. The van der Waals surface area contributed by atoms with Crippen LogP contribution in [0.5, 0.6) is 0 Å². The zero-order valence-corrected chi connectivity index (χ0v) is 14.7. The van der Waals surface area contributed by atoms with Crippen LogP contribution in [-0.4, -0.2) is 21.7 Å². The molecule has 0 spiro atoms. The van der Waals surface area contributed by atoms with Crippen LogP contribution in [0.25, 0.3) is 0 Å². The highest BCUT2D eigenvalue weighted by Crippen LogP contribution is 2.31. The maximum Gasteiger partial charge on any atom is 0.419 e. The van der Waals surface area contributed by atoms with Gasteiger partial charge in [0, 0.05) is 17.6 Å². The zero-order valence-electron chi connectivity index (χ0n) is 14.7. The van der Waals surface area contributed by atoms with Gasteiger partial charge in [-0.1, -0.05) is 0 Å². The minimum absolute atomic E-state index is 0.0448. The van der Waals surface area contributed by atoms with E-state index in [1.807, 2.05) is 0 Å². The molecule has 0 saturated heterocycles. The Labute approximate surface area is 148 Å². The molecule has 26 heavy (non-hydrogen) atoms. The fourth-order valence-corrected chi connectivity index (χ4v) is 1.99. The molecule has 1 aromatic carbocycles. The second kappa shape index (κ2) is 7.19. The third-order valence-corrected chi connectivity index (χ3v) is 3.07. The highest BCUT2D eigenvalue weighted by Gasteiger charge is 2.33. The van der Waals surface area contributed by atoms with Gasteiger partial charge >= 0.3 is 12.3 Å². The van der Waals surface area contributed by atoms with Gasteiger partial charge in [0.15, 0.2) is 0 Å². The Bertz CT molecular complexity index is 784. The quantitative estimate of drug-likeness (QED) is 0.806. The van der Waals surface area contributed by atoms with Crippen molar-refractivity contribution in [3.05, 3.63) is 41.7 Å². The van der Waals surface area contributed by atoms with E-state index < -0.39 is 23.4 Å². The smallest absolute Gasteiger partial charge is 0.419 e. The van der Waals surface area contributed by atoms with Crippen LogP contribution in [0.1, 0.15) is 32.0 Å². The minimum Gasteiger partial charge on any atom is -0.444 e. The van der Waals surface area contributed by atoms with Crippen molar-refractivity contribution >= 4 is 23.4 Å². The highest BCUT2D eigenvalue weighted by molar-refractivity contribution is 5.85. The van der Waals surface area contributed by atoms with Gasteiger partial charge in [0.1, 0.15) is 5.60 Å². The van der Waals surface area contributed by atoms with Crippen molar-refractivity contribution in [1.29, 1.82) is 0 Å². The van der Waals surface area contributed by atoms with E-state index in [4.69, 9.17) is 4.74 Å². The van der Waals surface area contributed by atoms with Crippen LogP contribution in [0.3, 0.4) is 0 Å². The molecule has 6 nitrogen and oxygen atoms in total. The molecule has 0 fully saturated rings. The molecule has 0 bridgehead atoms. The van der Waals surface area contributed by atoms with Crippen LogP contribution >= 0.6 is 0 Å². The number of halogens is 3. The number of benzene rings is 1. The molecule has 1 amide bonds. The Morgan fingerprint density at radius 1 is 1.08 bits per heavy atom. The van der Waals surface area contributed by atoms with Gasteiger partial charge in [0.25, 0.3) is 0 Å². The van der Waals surface area contributed by atoms with Crippen LogP contribution < -0.4 is 10.6 Å². The number of ether oxygens (including phenoxy) is 1. The summed E-state index contributed by atoms with van der Waals surface area (Å²) >= 11 is 0. The Kier molecular flexibility index (Phi) is 5.38. The Morgan fingerprint density at radius 2 is 1.65 bits per heavy atom. The standard InChI is InChI=1S/C17H19F3N4O2/c1-10-13(17(18,19)20)9-21-14(22-10)23-11-5-7-12(8-6-11)24-15(25)26-16(2,3)4/h5-9H,1-4H3,(H,24,25)(H,21,22,23). The molecular weight excluding hydrogens is 349 g/mol. The first-order valence-electron chi connectivity index (χ1n) is 7.72. The molecule has 0 unspecified atom stereocenters. The summed E-state index contributed by atoms with van der Waals surface area (Å²) in [6.45, 7) is 6.53. The van der Waals surface area contributed by atoms with Gasteiger partial charge < -0.3 is 10.1 Å². The van der Waals surface area contributed by atoms with Gasteiger partial charge in [-0.25, -0.2) is 14.8 Å². The molecule has 2 aromatic rings. The number of aryl methyl sites for hydroxylation is 1. The van der Waals surface area contributed by atoms with Gasteiger partial charge in [-0.15, -0.1) is 0 Å². The monoisotopic (exact) mass is 368 g/mol. The maximum absolute atomic E-state index is 12.7. The second-order valence-corrected chi connectivity index (χ2v) is 6.52. The summed E-state index contributed by atoms with van der Waals surface area (Å²) in [7, 11) is 0. The zero-order chi connectivity index (χ0) is 19.5. The fourth-order valence-electron chi connectivity index (χ4n) is 1.99. The number of hydrogen-bond donors (Lipinski definition) is 2. The summed E-state index contributed by atoms with van der Waals surface area (Å²) in [4.78, 5) is 19.2. The summed E-state index contributed by atoms with van der Waals surface area (Å²) in [5.41, 5.74) is -0.588. The summed E-state index contributed by atoms with van der Waals surface area (Å²) in [5, 5.41) is 5.39. The fraction of sp³-hybridized carbons (Fsp3) is 0.353. The molecule has 1 aromatic heterocycles. The summed E-state index contributed by atoms with van der Waals surface area (Å²) < 4.78 is 43.3. The first-order valence-corrected chi connectivity index (χ1v) is 7.72. The summed E-state index contributed by atoms with van der Waals surface area (Å²) in [5.74, 6) is 0.0448. The number of anilines is 3. The Hall–Kier alpha value is -2.84. The molecule has 0 aliphatic carbocycles. The van der Waals surface area contributed by atoms with Gasteiger partial charge in [-0.3, -0.25) is 5.32 Å². The molecule has 9 heteroatoms. The van der Waals surface area contributed by atoms with E-state index in [2.05, 4.69) is 20.6 Å². The normalized spacial score (nSPS) is 11.8. The van der Waals surface area contributed by atoms with E-state index in [1.165, 1.54) is 6.92 Å². The van der Waals surface area contributed by atoms with Crippen molar-refractivity contribution in [3.63, 3.8) is 0 Å². The molecule has 140 valence electrons. The van der Waals surface area contributed by atoms with Gasteiger partial charge in [0.2, 0.25) is 5.95 Å². The molecule has 0 aliphatic rings. The lowest BCUT2D eigenvalue weighted by Crippen LogP contribution is -2.27. The van der Waals surface area contributed by atoms with Crippen LogP contribution in [0.2, 0.25) is 0 Å². The number of carbonyl (C=O) groups is 1. The molecule has 2 rings (SSSR count). The van der Waals surface area contributed by atoms with E-state index in [-0.39, 0.29) is 11.6 Å². The average Bonchev–Trinajstić information content (AvgIpc) is 2.46. The van der Waals surface area contributed by atoms with Crippen molar-refractivity contribution < 1.29 is 22.7 Å². The van der Waals surface area contributed by atoms with Gasteiger partial charge in [0.05, 0.1) is 11.3 Å². The number of carbonyl (C=O) groups excluding carboxylic acids is 1. The maximum atomic E-state index is 12.7. The molecule has 0 aliphatic heterocycles. The Morgan fingerprint density at radius 3 is 2.15 bits per heavy atom. The van der Waals surface area contributed by atoms with Crippen molar-refractivity contribution in [1.82, 2.24) is 9.97 Å². The highest BCUT2D eigenvalue weighted by atomic mass is 19.4. The number of nitrogens with zero attached hydrogens (tertiary/aromatic N) is 2. The molecular formula is C17H19F3N4O2. The third-order valence-electron chi connectivity index (χ3n) is 3.07. The Balaban J connectivity index is 2.03. The van der Waals surface area contributed by atoms with Crippen LogP contribution in [0.15, 0.2) is 30.5 Å². The number of nitrogens with one attached hydrogen (secondary N) is 2. The molecule has 0 atom stereocenters. The van der Waals surface area contributed by atoms with Gasteiger partial charge in [-0.2, -0.15) is 13.2 Å². The topological polar surface area (TPSA) is 76.1 Å². The van der Waals surface area contributed by atoms with Crippen molar-refractivity contribution in [2.75, 3.05) is 10.6 Å². The summed E-state index contributed by atoms with van der Waals surface area (Å²) in [6.07, 6.45) is -4.33. The van der Waals surface area contributed by atoms with Crippen molar-refractivity contribution in [3.8, 4) is 0 Å². The molecule has 0 saturated carbocycles. The minimum atomic E-state index is -4.49. The lowest BCUT2D eigenvalue weighted by Gasteiger charge is -2.19. The van der Waals surface area contributed by atoms with E-state index >= 15 is 0 Å². The van der Waals surface area contributed by atoms with Crippen LogP contribution in [0.4, 0.5) is 35.3 Å². The molecule has 2 N–H and O–H groups in total. The SMILES string of the molecule is Cc1nc(Nc2ccc(NC(=O)OC(C)(C)C)cc2)ncc1C(F)(F)F. The first-order chi connectivity index (χ1) is 11.9. The third kappa shape index (κ3) is 5.61.